The maximum Gasteiger partial charge on any atom is 0.219 e. The largest absolute Gasteiger partial charge is 0.390 e. The maximum absolute atomic E-state index is 17.2. The van der Waals surface area contributed by atoms with Gasteiger partial charge in [-0.1, -0.05) is 67.6 Å². The van der Waals surface area contributed by atoms with Gasteiger partial charge in [0.1, 0.15) is 5.60 Å². The zero-order valence-electron chi connectivity index (χ0n) is 20.9. The first-order valence-electron chi connectivity index (χ1n) is 12.7. The first-order chi connectivity index (χ1) is 16.9. The molecule has 5 rings (SSSR count). The van der Waals surface area contributed by atoms with Crippen LogP contribution in [0.15, 0.2) is 54.1 Å². The molecule has 0 saturated heterocycles. The lowest BCUT2D eigenvalue weighted by Crippen LogP contribution is -2.69. The highest BCUT2D eigenvalue weighted by molar-refractivity contribution is 8.14. The molecule has 1 aromatic carbocycles. The average Bonchev–Trinajstić information content (AvgIpc) is 3.05. The second-order valence-electron chi connectivity index (χ2n) is 11.5. The molecule has 0 radical (unpaired) electrons. The molecule has 4 aliphatic rings. The molecule has 1 aromatic rings. The number of rotatable bonds is 4. The molecule has 2 N–H and O–H groups in total. The van der Waals surface area contributed by atoms with Crippen molar-refractivity contribution < 1.29 is 29.0 Å². The zero-order valence-corrected chi connectivity index (χ0v) is 21.7. The van der Waals surface area contributed by atoms with E-state index in [1.54, 1.807) is 50.3 Å². The summed E-state index contributed by atoms with van der Waals surface area (Å²) in [6.07, 6.45) is 4.42. The molecule has 0 aliphatic heterocycles. The number of Topliss-reactive ketones (excluding diaryl/α,β-unsaturated/α-hetero) is 1. The van der Waals surface area contributed by atoms with Crippen LogP contribution in [0.5, 0.6) is 0 Å². The van der Waals surface area contributed by atoms with Crippen molar-refractivity contribution in [2.24, 2.45) is 28.6 Å². The summed E-state index contributed by atoms with van der Waals surface area (Å²) < 4.78 is 17.2. The van der Waals surface area contributed by atoms with Gasteiger partial charge in [0.05, 0.1) is 11.9 Å². The van der Waals surface area contributed by atoms with Crippen molar-refractivity contribution in [1.29, 1.82) is 0 Å². The van der Waals surface area contributed by atoms with Gasteiger partial charge in [-0.25, -0.2) is 4.39 Å². The number of halogens is 1. The van der Waals surface area contributed by atoms with Crippen molar-refractivity contribution in [2.45, 2.75) is 63.8 Å². The fraction of sp³-hybridized carbons (Fsp3) is 0.552. The summed E-state index contributed by atoms with van der Waals surface area (Å²) in [5.41, 5.74) is -4.75. The van der Waals surface area contributed by atoms with Gasteiger partial charge in [0.15, 0.2) is 17.2 Å². The molecule has 0 amide bonds. The quantitative estimate of drug-likeness (QED) is 0.618. The van der Waals surface area contributed by atoms with Gasteiger partial charge in [-0.15, -0.1) is 0 Å². The van der Waals surface area contributed by atoms with Gasteiger partial charge < -0.3 is 10.2 Å². The zero-order chi connectivity index (χ0) is 26.1. The van der Waals surface area contributed by atoms with Crippen molar-refractivity contribution >= 4 is 28.4 Å². The van der Waals surface area contributed by atoms with E-state index >= 15 is 4.39 Å². The predicted molar refractivity (Wildman–Crippen MR) is 136 cm³/mol. The topological polar surface area (TPSA) is 91.7 Å². The van der Waals surface area contributed by atoms with Crippen LogP contribution in [0.3, 0.4) is 0 Å². The molecular weight excluding hydrogens is 479 g/mol. The van der Waals surface area contributed by atoms with Crippen LogP contribution in [0.2, 0.25) is 0 Å². The van der Waals surface area contributed by atoms with E-state index < -0.39 is 45.8 Å². The van der Waals surface area contributed by atoms with E-state index in [4.69, 9.17) is 0 Å². The predicted octanol–water partition coefficient (Wildman–Crippen LogP) is 4.48. The van der Waals surface area contributed by atoms with Crippen molar-refractivity contribution in [3.05, 3.63) is 59.7 Å². The molecule has 3 fully saturated rings. The molecule has 192 valence electrons. The fourth-order valence-electron chi connectivity index (χ4n) is 8.04. The fourth-order valence-corrected chi connectivity index (χ4v) is 8.82. The highest BCUT2D eigenvalue weighted by Gasteiger charge is 2.75. The number of thioether (sulfide) groups is 1. The lowest BCUT2D eigenvalue weighted by molar-refractivity contribution is -0.218. The van der Waals surface area contributed by atoms with E-state index in [1.807, 2.05) is 6.92 Å². The van der Waals surface area contributed by atoms with Crippen molar-refractivity contribution in [2.75, 3.05) is 5.75 Å². The Morgan fingerprint density at radius 3 is 2.56 bits per heavy atom. The number of aliphatic hydroxyl groups is 2. The summed E-state index contributed by atoms with van der Waals surface area (Å²) in [4.78, 5) is 38.2. The molecule has 7 heteroatoms. The van der Waals surface area contributed by atoms with E-state index in [2.05, 4.69) is 0 Å². The Hall–Kier alpha value is -2.09. The molecule has 8 atom stereocenters. The van der Waals surface area contributed by atoms with Crippen LogP contribution in [0.1, 0.15) is 56.8 Å². The number of carbonyl (C=O) groups is 3. The Kier molecular flexibility index (Phi) is 6.01. The number of aliphatic hydroxyl groups excluding tert-OH is 1. The Morgan fingerprint density at radius 2 is 1.86 bits per heavy atom. The molecule has 0 spiro atoms. The third-order valence-electron chi connectivity index (χ3n) is 9.99. The normalized spacial score (nSPS) is 43.3. The second kappa shape index (κ2) is 8.47. The lowest BCUT2D eigenvalue weighted by Gasteiger charge is -2.62. The van der Waals surface area contributed by atoms with Gasteiger partial charge in [0, 0.05) is 22.3 Å². The third kappa shape index (κ3) is 3.25. The number of allylic oxidation sites excluding steroid dienone is 4. The molecule has 4 aliphatic carbocycles. The molecule has 0 aromatic heterocycles. The summed E-state index contributed by atoms with van der Waals surface area (Å²) in [5.74, 6) is -2.15. The monoisotopic (exact) mass is 512 g/mol. The third-order valence-corrected chi connectivity index (χ3v) is 10.9. The van der Waals surface area contributed by atoms with E-state index in [-0.39, 0.29) is 29.0 Å². The van der Waals surface area contributed by atoms with Crippen LogP contribution in [0.4, 0.5) is 4.39 Å². The van der Waals surface area contributed by atoms with Gasteiger partial charge >= 0.3 is 0 Å². The lowest BCUT2D eigenvalue weighted by atomic mass is 9.44. The molecule has 0 unspecified atom stereocenters. The minimum absolute atomic E-state index is 0.0702. The number of carbonyl (C=O) groups excluding carboxylic acids is 3. The Balaban J connectivity index is 1.44. The van der Waals surface area contributed by atoms with Crippen molar-refractivity contribution in [3.8, 4) is 0 Å². The smallest absolute Gasteiger partial charge is 0.219 e. The summed E-state index contributed by atoms with van der Waals surface area (Å²) in [5, 5.41) is 23.2. The number of ketones is 2. The van der Waals surface area contributed by atoms with Gasteiger partial charge in [-0.3, -0.25) is 14.4 Å². The molecule has 5 nitrogen and oxygen atoms in total. The molecular formula is C29H33FO5S. The highest BCUT2D eigenvalue weighted by atomic mass is 32.2. The SMILES string of the molecule is C[C@@H]1C[C@H]2[C@@H]3CCC4=CC(=O)C=C[C@]4(C)[C@@]3(F)[C@@H](O)C[C@]2(C)[C@@]1(O)C(=O)CSC(=O)c1ccccc1. The minimum atomic E-state index is -2.01. The number of hydrogen-bond donors (Lipinski definition) is 2. The van der Waals surface area contributed by atoms with Crippen molar-refractivity contribution in [1.82, 2.24) is 0 Å². The minimum Gasteiger partial charge on any atom is -0.390 e. The van der Waals surface area contributed by atoms with Crippen LogP contribution >= 0.6 is 11.8 Å². The van der Waals surface area contributed by atoms with Gasteiger partial charge in [0.2, 0.25) is 5.12 Å². The number of alkyl halides is 1. The van der Waals surface area contributed by atoms with Crippen LogP contribution < -0.4 is 0 Å². The average molecular weight is 513 g/mol. The van der Waals surface area contributed by atoms with E-state index in [0.29, 0.717) is 30.4 Å². The van der Waals surface area contributed by atoms with Gasteiger partial charge in [0.25, 0.3) is 0 Å². The number of benzene rings is 1. The second-order valence-corrected chi connectivity index (χ2v) is 12.5. The van der Waals surface area contributed by atoms with E-state index in [9.17, 15) is 24.6 Å². The Morgan fingerprint density at radius 1 is 1.17 bits per heavy atom. The highest BCUT2D eigenvalue weighted by Crippen LogP contribution is 2.70. The van der Waals surface area contributed by atoms with Crippen LogP contribution in [-0.4, -0.2) is 50.0 Å². The van der Waals surface area contributed by atoms with Crippen LogP contribution in [0.25, 0.3) is 0 Å². The molecule has 0 bridgehead atoms. The summed E-state index contributed by atoms with van der Waals surface area (Å²) in [6.45, 7) is 5.37. The Labute approximate surface area is 215 Å². The van der Waals surface area contributed by atoms with Gasteiger partial charge in [-0.05, 0) is 56.6 Å². The summed E-state index contributed by atoms with van der Waals surface area (Å²) in [6, 6.07) is 8.68. The number of hydrogen-bond acceptors (Lipinski definition) is 6. The molecule has 0 heterocycles. The van der Waals surface area contributed by atoms with Gasteiger partial charge in [-0.2, -0.15) is 0 Å². The van der Waals surface area contributed by atoms with Crippen LogP contribution in [0, 0.1) is 28.6 Å². The standard InChI is InChI=1S/C29H33FO5S/c1-17-13-22-21-10-9-19-14-20(31)11-12-26(19,2)28(21,30)23(32)15-27(22,3)29(17,35)24(33)16-36-25(34)18-7-5-4-6-8-18/h4-8,11-12,14,17,21-23,32,35H,9-10,13,15-16H2,1-3H3/t17-,21+,22+,23+,26+,27+,28+,29+/m1/s1. The molecule has 3 saturated carbocycles. The molecule has 36 heavy (non-hydrogen) atoms. The number of fused-ring (bicyclic) bond motifs is 5. The Bertz CT molecular complexity index is 1180. The summed E-state index contributed by atoms with van der Waals surface area (Å²) >= 11 is 0.867. The summed E-state index contributed by atoms with van der Waals surface area (Å²) in [7, 11) is 0. The first-order valence-corrected chi connectivity index (χ1v) is 13.7. The first kappa shape index (κ1) is 25.6. The maximum atomic E-state index is 17.2. The van der Waals surface area contributed by atoms with Crippen LogP contribution in [-0.2, 0) is 9.59 Å². The van der Waals surface area contributed by atoms with Crippen molar-refractivity contribution in [3.63, 3.8) is 0 Å². The van der Waals surface area contributed by atoms with E-state index in [0.717, 1.165) is 11.8 Å². The van der Waals surface area contributed by atoms with E-state index in [1.165, 1.54) is 12.2 Å².